The lowest BCUT2D eigenvalue weighted by Crippen LogP contribution is -2.27. The molecule has 0 saturated carbocycles. The zero-order chi connectivity index (χ0) is 31.5. The highest BCUT2D eigenvalue weighted by molar-refractivity contribution is 5.92. The van der Waals surface area contributed by atoms with Gasteiger partial charge in [0, 0.05) is 30.9 Å². The first-order valence-corrected chi connectivity index (χ1v) is 14.7. The number of hydrogen-bond donors (Lipinski definition) is 2. The van der Waals surface area contributed by atoms with Crippen molar-refractivity contribution in [1.29, 1.82) is 0 Å². The van der Waals surface area contributed by atoms with E-state index in [1.807, 2.05) is 0 Å². The van der Waals surface area contributed by atoms with E-state index in [1.54, 1.807) is 48.5 Å². The molecular formula is C31H44N4O8. The average molecular weight is 601 g/mol. The van der Waals surface area contributed by atoms with Crippen LogP contribution in [0.3, 0.4) is 0 Å². The molecule has 2 N–H and O–H groups in total. The molecule has 236 valence electrons. The Balaban J connectivity index is 1.60. The van der Waals surface area contributed by atoms with E-state index in [2.05, 4.69) is 48.1 Å². The Kier molecular flexibility index (Phi) is 16.2. The molecule has 0 atom stereocenters. The number of hydrogen-bond acceptors (Lipinski definition) is 10. The molecule has 0 aliphatic carbocycles. The molecule has 12 heteroatoms. The molecule has 0 unspecified atom stereocenters. The van der Waals surface area contributed by atoms with Gasteiger partial charge in [0.25, 0.3) is 0 Å². The first-order valence-electron chi connectivity index (χ1n) is 14.7. The monoisotopic (exact) mass is 600 g/mol. The maximum atomic E-state index is 12.2. The molecule has 2 aromatic carbocycles. The van der Waals surface area contributed by atoms with Crippen LogP contribution >= 0.6 is 0 Å². The Morgan fingerprint density at radius 3 is 1.21 bits per heavy atom. The van der Waals surface area contributed by atoms with Crippen molar-refractivity contribution in [2.24, 2.45) is 0 Å². The van der Waals surface area contributed by atoms with Crippen LogP contribution in [0.15, 0.2) is 48.5 Å². The third-order valence-electron chi connectivity index (χ3n) is 6.56. The lowest BCUT2D eigenvalue weighted by molar-refractivity contribution is 0.0457. The number of ether oxygens (including phenoxy) is 4. The first kappa shape index (κ1) is 35.0. The third-order valence-corrected chi connectivity index (χ3v) is 6.56. The molecule has 2 rings (SSSR count). The van der Waals surface area contributed by atoms with Gasteiger partial charge < -0.3 is 28.7 Å². The summed E-state index contributed by atoms with van der Waals surface area (Å²) in [6.07, 6.45) is -1.06. The first-order chi connectivity index (χ1) is 20.8. The highest BCUT2D eigenvalue weighted by atomic mass is 16.6. The lowest BCUT2D eigenvalue weighted by Gasteiger charge is -2.17. The molecule has 0 saturated heterocycles. The van der Waals surface area contributed by atoms with Gasteiger partial charge in [-0.15, -0.1) is 0 Å². The Labute approximate surface area is 253 Å². The zero-order valence-electron chi connectivity index (χ0n) is 25.6. The maximum absolute atomic E-state index is 12.2. The summed E-state index contributed by atoms with van der Waals surface area (Å²) in [6.45, 7) is 13.8. The average Bonchev–Trinajstić information content (AvgIpc) is 3.01. The molecule has 0 radical (unpaired) electrons. The van der Waals surface area contributed by atoms with Gasteiger partial charge in [-0.25, -0.2) is 19.2 Å². The summed E-state index contributed by atoms with van der Waals surface area (Å²) in [7, 11) is 0. The van der Waals surface area contributed by atoms with Crippen LogP contribution in [0.25, 0.3) is 0 Å². The highest BCUT2D eigenvalue weighted by Gasteiger charge is 2.11. The van der Waals surface area contributed by atoms with E-state index in [9.17, 15) is 19.2 Å². The van der Waals surface area contributed by atoms with Gasteiger partial charge in [-0.2, -0.15) is 0 Å². The van der Waals surface area contributed by atoms with Gasteiger partial charge in [0.15, 0.2) is 0 Å². The number of carbonyl (C=O) groups is 4. The number of nitrogens with one attached hydrogen (secondary N) is 2. The largest absolute Gasteiger partial charge is 0.461 e. The van der Waals surface area contributed by atoms with E-state index in [0.29, 0.717) is 48.8 Å². The summed E-state index contributed by atoms with van der Waals surface area (Å²) in [5.41, 5.74) is 1.68. The van der Waals surface area contributed by atoms with Gasteiger partial charge >= 0.3 is 24.1 Å². The van der Waals surface area contributed by atoms with Gasteiger partial charge in [0.1, 0.15) is 13.2 Å². The number of amides is 2. The number of benzene rings is 2. The van der Waals surface area contributed by atoms with Crippen molar-refractivity contribution in [2.45, 2.75) is 34.1 Å². The van der Waals surface area contributed by atoms with Crippen LogP contribution in [0.2, 0.25) is 0 Å². The van der Waals surface area contributed by atoms with Crippen LogP contribution in [-0.2, 0) is 18.9 Å². The van der Waals surface area contributed by atoms with Crippen LogP contribution < -0.4 is 10.6 Å². The Hall–Kier alpha value is -4.16. The molecule has 0 fully saturated rings. The second kappa shape index (κ2) is 19.9. The summed E-state index contributed by atoms with van der Waals surface area (Å²) in [4.78, 5) is 52.8. The quantitative estimate of drug-likeness (QED) is 0.139. The fourth-order valence-corrected chi connectivity index (χ4v) is 3.86. The second-order valence-electron chi connectivity index (χ2n) is 9.36. The SMILES string of the molecule is CCN(CC)CCOC(=O)c1ccc(NC(=O)OCCCOC(=O)Nc2ccc(C(=O)OCCN(CC)CC)cc2)cc1. The van der Waals surface area contributed by atoms with Gasteiger partial charge in [0.05, 0.1) is 24.3 Å². The van der Waals surface area contributed by atoms with Crippen LogP contribution in [0.4, 0.5) is 21.0 Å². The molecule has 0 aromatic heterocycles. The Bertz CT molecular complexity index is 1040. The summed E-state index contributed by atoms with van der Waals surface area (Å²) < 4.78 is 20.8. The van der Waals surface area contributed by atoms with Crippen molar-refractivity contribution < 1.29 is 38.1 Å². The van der Waals surface area contributed by atoms with Crippen molar-refractivity contribution in [2.75, 3.05) is 76.3 Å². The number of esters is 2. The molecule has 0 heterocycles. The molecule has 2 amide bonds. The third kappa shape index (κ3) is 13.6. The second-order valence-corrected chi connectivity index (χ2v) is 9.36. The molecule has 0 aliphatic heterocycles. The fourth-order valence-electron chi connectivity index (χ4n) is 3.86. The zero-order valence-corrected chi connectivity index (χ0v) is 25.6. The maximum Gasteiger partial charge on any atom is 0.411 e. The Morgan fingerprint density at radius 2 is 0.884 bits per heavy atom. The van der Waals surface area contributed by atoms with Crippen molar-refractivity contribution >= 4 is 35.5 Å². The van der Waals surface area contributed by atoms with Crippen LogP contribution in [0.1, 0.15) is 54.8 Å². The molecule has 2 aromatic rings. The smallest absolute Gasteiger partial charge is 0.411 e. The number of likely N-dealkylation sites (N-methyl/N-ethyl adjacent to an activating group) is 2. The van der Waals surface area contributed by atoms with Crippen LogP contribution in [-0.4, -0.2) is 99.6 Å². The van der Waals surface area contributed by atoms with Crippen molar-refractivity contribution in [1.82, 2.24) is 9.80 Å². The van der Waals surface area contributed by atoms with E-state index in [-0.39, 0.29) is 19.6 Å². The van der Waals surface area contributed by atoms with E-state index in [4.69, 9.17) is 18.9 Å². The summed E-state index contributed by atoms with van der Waals surface area (Å²) in [5, 5.41) is 5.14. The summed E-state index contributed by atoms with van der Waals surface area (Å²) >= 11 is 0. The molecule has 43 heavy (non-hydrogen) atoms. The number of rotatable bonds is 18. The van der Waals surface area contributed by atoms with Gasteiger partial charge in [-0.1, -0.05) is 27.7 Å². The van der Waals surface area contributed by atoms with Crippen molar-refractivity contribution in [3.63, 3.8) is 0 Å². The minimum Gasteiger partial charge on any atom is -0.461 e. The Morgan fingerprint density at radius 1 is 0.535 bits per heavy atom. The molecule has 0 aliphatic rings. The van der Waals surface area contributed by atoms with Gasteiger partial charge in [0.2, 0.25) is 0 Å². The topological polar surface area (TPSA) is 136 Å². The van der Waals surface area contributed by atoms with E-state index in [0.717, 1.165) is 26.2 Å². The highest BCUT2D eigenvalue weighted by Crippen LogP contribution is 2.12. The summed E-state index contributed by atoms with van der Waals surface area (Å²) in [5.74, 6) is -0.854. The normalized spacial score (nSPS) is 10.7. The summed E-state index contributed by atoms with van der Waals surface area (Å²) in [6, 6.07) is 12.6. The number of carbonyl (C=O) groups excluding carboxylic acids is 4. The predicted octanol–water partition coefficient (Wildman–Crippen LogP) is 4.87. The fraction of sp³-hybridized carbons (Fsp3) is 0.484. The van der Waals surface area contributed by atoms with E-state index in [1.165, 1.54) is 0 Å². The van der Waals surface area contributed by atoms with Crippen LogP contribution in [0.5, 0.6) is 0 Å². The molecule has 12 nitrogen and oxygen atoms in total. The minimum atomic E-state index is -0.675. The van der Waals surface area contributed by atoms with Crippen molar-refractivity contribution in [3.8, 4) is 0 Å². The van der Waals surface area contributed by atoms with Crippen molar-refractivity contribution in [3.05, 3.63) is 59.7 Å². The minimum absolute atomic E-state index is 0.0289. The van der Waals surface area contributed by atoms with Gasteiger partial charge in [-0.3, -0.25) is 10.6 Å². The molecular weight excluding hydrogens is 556 g/mol. The van der Waals surface area contributed by atoms with E-state index >= 15 is 0 Å². The molecule has 0 bridgehead atoms. The predicted molar refractivity (Wildman–Crippen MR) is 164 cm³/mol. The lowest BCUT2D eigenvalue weighted by atomic mass is 10.2. The molecule has 0 spiro atoms. The number of anilines is 2. The van der Waals surface area contributed by atoms with Crippen LogP contribution in [0, 0.1) is 0 Å². The van der Waals surface area contributed by atoms with Gasteiger partial charge in [-0.05, 0) is 74.7 Å². The standard InChI is InChI=1S/C31H44N4O8/c1-5-34(6-2)18-22-40-28(36)24-10-14-26(15-11-24)32-30(38)42-20-9-21-43-31(39)33-27-16-12-25(13-17-27)29(37)41-23-19-35(7-3)8-4/h10-17H,5-9,18-23H2,1-4H3,(H,32,38)(H,33,39). The number of nitrogens with zero attached hydrogens (tertiary/aromatic N) is 2. The van der Waals surface area contributed by atoms with E-state index < -0.39 is 24.1 Å².